The summed E-state index contributed by atoms with van der Waals surface area (Å²) in [5.74, 6) is 6.31. The van der Waals surface area contributed by atoms with Gasteiger partial charge in [0.25, 0.3) is 0 Å². The number of hydrogen-bond donors (Lipinski definition) is 0. The Hall–Kier alpha value is -7.63. The molecule has 11 aromatic rings. The number of fused-ring (bicyclic) bond motifs is 11. The Morgan fingerprint density at radius 2 is 1.08 bits per heavy atom. The van der Waals surface area contributed by atoms with Crippen molar-refractivity contribution in [2.45, 2.75) is 84.0 Å². The highest BCUT2D eigenvalue weighted by Gasteiger charge is 2.57. The maximum absolute atomic E-state index is 6.59. The zero-order chi connectivity index (χ0) is 49.8. The standard InChI is InChI=1S/C70H62N4O/c1-69-37-13-21-59(69)54-31-30-52-40-51(35-39-70(52,2)60(54)36-38-69)45-25-23-44(24-26-45)48-27-32-61-56(41-48)57-42-49(28-33-62(57)74(61)53-18-10-5-11-19-53)50-29-34-63-58(43-50)65-55(20-12-22-64(65)75-63)68-72-66(46-14-6-3-7-15-46)71-67(73-68)47-16-8-4-9-17-47/h3-12,14-20,22-29,32-34,41-43,51-52,54,59-60H,13,21,30-31,35-40H2,1-2H3/t51?,52-,54-,59-,60-,69-,70-/m1/s1. The average molecular weight is 975 g/mol. The number of nitrogens with zero attached hydrogens (tertiary/aromatic N) is 4. The van der Waals surface area contributed by atoms with Crippen LogP contribution in [0, 0.1) is 34.5 Å². The summed E-state index contributed by atoms with van der Waals surface area (Å²) < 4.78 is 9.02. The molecule has 1 unspecified atom stereocenters. The van der Waals surface area contributed by atoms with Crippen LogP contribution in [0.2, 0.25) is 0 Å². The molecule has 4 fully saturated rings. The van der Waals surface area contributed by atoms with E-state index in [0.29, 0.717) is 34.2 Å². The van der Waals surface area contributed by atoms with Crippen molar-refractivity contribution in [2.75, 3.05) is 0 Å². The van der Waals surface area contributed by atoms with Gasteiger partial charge in [-0.25, -0.2) is 15.0 Å². The smallest absolute Gasteiger partial charge is 0.164 e. The molecule has 4 aliphatic rings. The van der Waals surface area contributed by atoms with Crippen LogP contribution in [0.3, 0.4) is 0 Å². The summed E-state index contributed by atoms with van der Waals surface area (Å²) in [5, 5.41) is 4.48. The van der Waals surface area contributed by atoms with Crippen molar-refractivity contribution in [3.63, 3.8) is 0 Å². The molecule has 0 spiro atoms. The highest BCUT2D eigenvalue weighted by Crippen LogP contribution is 2.67. The summed E-state index contributed by atoms with van der Waals surface area (Å²) >= 11 is 0. The molecule has 0 aliphatic heterocycles. The van der Waals surface area contributed by atoms with Crippen molar-refractivity contribution in [3.05, 3.63) is 194 Å². The van der Waals surface area contributed by atoms with Crippen LogP contribution in [0.1, 0.15) is 89.5 Å². The molecule has 4 saturated carbocycles. The minimum absolute atomic E-state index is 0.527. The molecule has 75 heavy (non-hydrogen) atoms. The zero-order valence-corrected chi connectivity index (χ0v) is 43.1. The van der Waals surface area contributed by atoms with E-state index >= 15 is 0 Å². The molecule has 368 valence electrons. The van der Waals surface area contributed by atoms with Crippen LogP contribution in [0.15, 0.2) is 192 Å². The Bertz CT molecular complexity index is 3910. The number of hydrogen-bond acceptors (Lipinski definition) is 4. The molecule has 0 saturated heterocycles. The Labute approximate surface area is 439 Å². The van der Waals surface area contributed by atoms with Crippen molar-refractivity contribution in [1.82, 2.24) is 19.5 Å². The predicted octanol–water partition coefficient (Wildman–Crippen LogP) is 18.7. The molecule has 8 aromatic carbocycles. The van der Waals surface area contributed by atoms with E-state index in [4.69, 9.17) is 19.4 Å². The lowest BCUT2D eigenvalue weighted by molar-refractivity contribution is -0.106. The molecular formula is C70H62N4O. The molecule has 0 bridgehead atoms. The molecule has 5 nitrogen and oxygen atoms in total. The van der Waals surface area contributed by atoms with E-state index in [1.165, 1.54) is 103 Å². The molecule has 0 radical (unpaired) electrons. The molecule has 5 heteroatoms. The van der Waals surface area contributed by atoms with Gasteiger partial charge in [0.2, 0.25) is 0 Å². The lowest BCUT2D eigenvalue weighted by Gasteiger charge is -2.60. The summed E-state index contributed by atoms with van der Waals surface area (Å²) in [5.41, 5.74) is 15.4. The number of aromatic nitrogens is 4. The number of para-hydroxylation sites is 1. The van der Waals surface area contributed by atoms with Gasteiger partial charge in [0.1, 0.15) is 11.2 Å². The van der Waals surface area contributed by atoms with Gasteiger partial charge in [-0.3, -0.25) is 0 Å². The van der Waals surface area contributed by atoms with Crippen LogP contribution < -0.4 is 0 Å². The summed E-state index contributed by atoms with van der Waals surface area (Å²) in [4.78, 5) is 15.2. The summed E-state index contributed by atoms with van der Waals surface area (Å²) in [6.45, 7) is 5.38. The fraction of sp³-hybridized carbons (Fsp3) is 0.271. The van der Waals surface area contributed by atoms with Crippen LogP contribution in [-0.4, -0.2) is 19.5 Å². The Morgan fingerprint density at radius 1 is 0.467 bits per heavy atom. The predicted molar refractivity (Wildman–Crippen MR) is 308 cm³/mol. The van der Waals surface area contributed by atoms with E-state index in [0.717, 1.165) is 79.1 Å². The third-order valence-electron chi connectivity index (χ3n) is 19.7. The number of benzene rings is 8. The van der Waals surface area contributed by atoms with E-state index in [1.807, 2.05) is 72.8 Å². The average Bonchev–Trinajstić information content (AvgIpc) is 4.16. The topological polar surface area (TPSA) is 56.7 Å². The minimum atomic E-state index is 0.527. The second-order valence-electron chi connectivity index (χ2n) is 23.5. The summed E-state index contributed by atoms with van der Waals surface area (Å²) in [6.07, 6.45) is 14.4. The van der Waals surface area contributed by atoms with Gasteiger partial charge in [-0.1, -0.05) is 154 Å². The van der Waals surface area contributed by atoms with Crippen LogP contribution in [0.4, 0.5) is 0 Å². The van der Waals surface area contributed by atoms with Gasteiger partial charge in [-0.15, -0.1) is 0 Å². The van der Waals surface area contributed by atoms with Crippen LogP contribution >= 0.6 is 0 Å². The highest BCUT2D eigenvalue weighted by atomic mass is 16.3. The van der Waals surface area contributed by atoms with Gasteiger partial charge < -0.3 is 8.98 Å². The highest BCUT2D eigenvalue weighted by molar-refractivity contribution is 6.14. The number of furan rings is 1. The van der Waals surface area contributed by atoms with Crippen molar-refractivity contribution < 1.29 is 4.42 Å². The van der Waals surface area contributed by atoms with Crippen LogP contribution in [-0.2, 0) is 0 Å². The van der Waals surface area contributed by atoms with E-state index in [9.17, 15) is 0 Å². The summed E-state index contributed by atoms with van der Waals surface area (Å²) in [6, 6.07) is 67.7. The summed E-state index contributed by atoms with van der Waals surface area (Å²) in [7, 11) is 0. The quantitative estimate of drug-likeness (QED) is 0.160. The zero-order valence-electron chi connectivity index (χ0n) is 43.1. The first-order valence-corrected chi connectivity index (χ1v) is 27.9. The monoisotopic (exact) mass is 974 g/mol. The third kappa shape index (κ3) is 7.35. The van der Waals surface area contributed by atoms with Crippen LogP contribution in [0.25, 0.3) is 106 Å². The lowest BCUT2D eigenvalue weighted by Crippen LogP contribution is -2.52. The second-order valence-corrected chi connectivity index (χ2v) is 23.5. The lowest BCUT2D eigenvalue weighted by atomic mass is 9.44. The van der Waals surface area contributed by atoms with Crippen molar-refractivity contribution in [3.8, 4) is 62.1 Å². The molecule has 3 heterocycles. The van der Waals surface area contributed by atoms with Gasteiger partial charge in [-0.2, -0.15) is 0 Å². The van der Waals surface area contributed by atoms with Crippen molar-refractivity contribution in [1.29, 1.82) is 0 Å². The van der Waals surface area contributed by atoms with Crippen molar-refractivity contribution >= 4 is 43.7 Å². The second kappa shape index (κ2) is 17.5. The molecule has 15 rings (SSSR count). The third-order valence-corrected chi connectivity index (χ3v) is 19.7. The molecule has 7 atom stereocenters. The minimum Gasteiger partial charge on any atom is -0.456 e. The number of rotatable bonds is 7. The first kappa shape index (κ1) is 44.8. The van der Waals surface area contributed by atoms with Crippen molar-refractivity contribution in [2.24, 2.45) is 34.5 Å². The van der Waals surface area contributed by atoms with E-state index in [1.54, 1.807) is 0 Å². The van der Waals surface area contributed by atoms with Gasteiger partial charge in [-0.05, 0) is 181 Å². The van der Waals surface area contributed by atoms with Gasteiger partial charge in [0, 0.05) is 43.9 Å². The first-order chi connectivity index (χ1) is 36.8. The molecule has 3 aromatic heterocycles. The van der Waals surface area contributed by atoms with Gasteiger partial charge in [0.15, 0.2) is 17.5 Å². The van der Waals surface area contributed by atoms with Crippen LogP contribution in [0.5, 0.6) is 0 Å². The Balaban J connectivity index is 0.780. The molecule has 4 aliphatic carbocycles. The Kier molecular flexibility index (Phi) is 10.4. The fourth-order valence-electron chi connectivity index (χ4n) is 15.9. The first-order valence-electron chi connectivity index (χ1n) is 27.9. The molecular weight excluding hydrogens is 913 g/mol. The van der Waals surface area contributed by atoms with E-state index in [2.05, 4.69) is 134 Å². The SMILES string of the molecule is C[C@]12CCC[C@@H]1[C@H]1CC[C@@H]3CC(c4ccc(-c5ccc6c(c5)c5cc(-c7ccc8oc9cccc(-c%10nc(-c%11ccccc%11)nc(-c%11ccccc%11)n%10)c9c8c7)ccc5n6-c5ccccc5)cc4)CC[C@@]3(C)[C@@H]1CC2. The van der Waals surface area contributed by atoms with E-state index < -0.39 is 0 Å². The molecule has 0 N–H and O–H groups in total. The van der Waals surface area contributed by atoms with Gasteiger partial charge >= 0.3 is 0 Å². The normalized spacial score (nSPS) is 24.4. The maximum Gasteiger partial charge on any atom is 0.164 e. The largest absolute Gasteiger partial charge is 0.456 e. The van der Waals surface area contributed by atoms with E-state index in [-0.39, 0.29) is 0 Å². The fourth-order valence-corrected chi connectivity index (χ4v) is 15.9. The Morgan fingerprint density at radius 3 is 1.77 bits per heavy atom. The molecule has 0 amide bonds. The maximum atomic E-state index is 6.59. The van der Waals surface area contributed by atoms with Gasteiger partial charge in [0.05, 0.1) is 11.0 Å².